The van der Waals surface area contributed by atoms with Gasteiger partial charge in [-0.3, -0.25) is 0 Å². The average molecular weight is 249 g/mol. The van der Waals surface area contributed by atoms with Gasteiger partial charge in [0.2, 0.25) is 0 Å². The normalized spacial score (nSPS) is 23.9. The Morgan fingerprint density at radius 3 is 2.94 bits per heavy atom. The fourth-order valence-corrected chi connectivity index (χ4v) is 2.21. The van der Waals surface area contributed by atoms with Crippen LogP contribution in [0.3, 0.4) is 0 Å². The minimum Gasteiger partial charge on any atom is -0.376 e. The second-order valence-electron chi connectivity index (χ2n) is 5.02. The number of likely N-dealkylation sites (N-methyl/N-ethyl adjacent to an activating group) is 1. The van der Waals surface area contributed by atoms with E-state index >= 15 is 0 Å². The molecule has 0 spiro atoms. The van der Waals surface area contributed by atoms with Crippen LogP contribution in [0.4, 0.5) is 5.82 Å². The molecule has 0 N–H and O–H groups in total. The van der Waals surface area contributed by atoms with Crippen molar-refractivity contribution in [3.05, 3.63) is 18.1 Å². The fraction of sp³-hybridized carbons (Fsp3) is 0.692. The third-order valence-corrected chi connectivity index (χ3v) is 3.42. The predicted octanol–water partition coefficient (Wildman–Crippen LogP) is 1.21. The highest BCUT2D eigenvalue weighted by molar-refractivity contribution is 5.39. The quantitative estimate of drug-likeness (QED) is 0.802. The first-order chi connectivity index (χ1) is 8.83. The molecule has 2 fully saturated rings. The smallest absolute Gasteiger partial charge is 0.132 e. The average Bonchev–Trinajstić information content (AvgIpc) is 3.24. The van der Waals surface area contributed by atoms with Crippen molar-refractivity contribution in [3.8, 4) is 0 Å². The molecule has 1 saturated carbocycles. The van der Waals surface area contributed by atoms with Crippen LogP contribution < -0.4 is 4.90 Å². The van der Waals surface area contributed by atoms with E-state index in [9.17, 15) is 0 Å². The van der Waals surface area contributed by atoms with Gasteiger partial charge >= 0.3 is 0 Å². The van der Waals surface area contributed by atoms with Gasteiger partial charge in [-0.15, -0.1) is 0 Å². The van der Waals surface area contributed by atoms with Gasteiger partial charge in [-0.25, -0.2) is 9.97 Å². The molecule has 3 rings (SSSR count). The molecule has 2 heterocycles. The number of hydrogen-bond donors (Lipinski definition) is 0. The molecule has 1 atom stereocenters. The molecule has 1 saturated heterocycles. The van der Waals surface area contributed by atoms with Crippen LogP contribution in [-0.2, 0) is 9.47 Å². The number of nitrogens with zero attached hydrogens (tertiary/aromatic N) is 3. The van der Waals surface area contributed by atoms with Gasteiger partial charge in [-0.1, -0.05) is 0 Å². The first-order valence-corrected chi connectivity index (χ1v) is 6.55. The molecule has 5 heteroatoms. The number of hydrogen-bond acceptors (Lipinski definition) is 5. The van der Waals surface area contributed by atoms with E-state index in [0.717, 1.165) is 12.4 Å². The molecule has 0 aromatic carbocycles. The van der Waals surface area contributed by atoms with E-state index in [1.165, 1.54) is 18.5 Å². The topological polar surface area (TPSA) is 47.5 Å². The zero-order valence-electron chi connectivity index (χ0n) is 10.7. The molecule has 2 aliphatic rings. The fourth-order valence-electron chi connectivity index (χ4n) is 2.21. The Morgan fingerprint density at radius 1 is 1.33 bits per heavy atom. The summed E-state index contributed by atoms with van der Waals surface area (Å²) in [5, 5.41) is 0. The van der Waals surface area contributed by atoms with Crippen molar-refractivity contribution in [3.63, 3.8) is 0 Å². The summed E-state index contributed by atoms with van der Waals surface area (Å²) in [6.45, 7) is 2.88. The van der Waals surface area contributed by atoms with Crippen molar-refractivity contribution < 1.29 is 9.47 Å². The maximum absolute atomic E-state index is 5.65. The van der Waals surface area contributed by atoms with Gasteiger partial charge in [0, 0.05) is 31.3 Å². The third-order valence-electron chi connectivity index (χ3n) is 3.42. The highest BCUT2D eigenvalue weighted by Gasteiger charge is 2.26. The lowest BCUT2D eigenvalue weighted by atomic mass is 10.2. The van der Waals surface area contributed by atoms with Gasteiger partial charge in [0.25, 0.3) is 0 Å². The van der Waals surface area contributed by atoms with Crippen LogP contribution >= 0.6 is 0 Å². The number of ether oxygens (including phenoxy) is 2. The summed E-state index contributed by atoms with van der Waals surface area (Å²) in [5.74, 6) is 1.63. The van der Waals surface area contributed by atoms with Gasteiger partial charge in [0.1, 0.15) is 12.1 Å². The Balaban J connectivity index is 1.63. The van der Waals surface area contributed by atoms with Crippen LogP contribution in [0.25, 0.3) is 0 Å². The number of anilines is 1. The maximum Gasteiger partial charge on any atom is 0.132 e. The van der Waals surface area contributed by atoms with E-state index in [1.807, 2.05) is 7.05 Å². The third kappa shape index (κ3) is 2.79. The standard InChI is InChI=1S/C13H19N3O2/c1-16(7-11-8-17-4-5-18-11)13-6-12(10-2-3-10)14-9-15-13/h6,9-11H,2-5,7-8H2,1H3. The molecule has 18 heavy (non-hydrogen) atoms. The minimum absolute atomic E-state index is 0.142. The minimum atomic E-state index is 0.142. The van der Waals surface area contributed by atoms with Crippen molar-refractivity contribution in [2.45, 2.75) is 24.9 Å². The molecule has 0 amide bonds. The van der Waals surface area contributed by atoms with E-state index in [-0.39, 0.29) is 6.10 Å². The highest BCUT2D eigenvalue weighted by Crippen LogP contribution is 2.39. The Labute approximate surface area is 107 Å². The first-order valence-electron chi connectivity index (χ1n) is 6.55. The van der Waals surface area contributed by atoms with Gasteiger partial charge in [-0.05, 0) is 12.8 Å². The second kappa shape index (κ2) is 5.20. The molecule has 1 unspecified atom stereocenters. The molecule has 1 aromatic rings. The Hall–Kier alpha value is -1.20. The first kappa shape index (κ1) is 11.9. The van der Waals surface area contributed by atoms with E-state index in [0.29, 0.717) is 25.7 Å². The summed E-state index contributed by atoms with van der Waals surface area (Å²) >= 11 is 0. The summed E-state index contributed by atoms with van der Waals surface area (Å²) in [7, 11) is 2.04. The van der Waals surface area contributed by atoms with E-state index in [2.05, 4.69) is 20.9 Å². The van der Waals surface area contributed by atoms with Crippen molar-refractivity contribution >= 4 is 5.82 Å². The Kier molecular flexibility index (Phi) is 3.43. The Bertz CT molecular complexity index is 403. The largest absolute Gasteiger partial charge is 0.376 e. The van der Waals surface area contributed by atoms with Crippen molar-refractivity contribution in [1.29, 1.82) is 0 Å². The summed E-state index contributed by atoms with van der Waals surface area (Å²) in [5.41, 5.74) is 1.17. The molecular formula is C13H19N3O2. The van der Waals surface area contributed by atoms with Crippen LogP contribution in [0.1, 0.15) is 24.5 Å². The van der Waals surface area contributed by atoms with Crippen molar-refractivity contribution in [2.24, 2.45) is 0 Å². The van der Waals surface area contributed by atoms with Crippen LogP contribution in [0.15, 0.2) is 12.4 Å². The van der Waals surface area contributed by atoms with Crippen LogP contribution in [0, 0.1) is 0 Å². The van der Waals surface area contributed by atoms with Crippen molar-refractivity contribution in [1.82, 2.24) is 9.97 Å². The van der Waals surface area contributed by atoms with E-state index in [4.69, 9.17) is 9.47 Å². The van der Waals surface area contributed by atoms with Gasteiger partial charge in [0.15, 0.2) is 0 Å². The molecule has 0 radical (unpaired) electrons. The molecule has 0 bridgehead atoms. The van der Waals surface area contributed by atoms with Crippen LogP contribution in [-0.4, -0.2) is 49.5 Å². The van der Waals surface area contributed by atoms with Crippen LogP contribution in [0.5, 0.6) is 0 Å². The molecule has 5 nitrogen and oxygen atoms in total. The SMILES string of the molecule is CN(CC1COCCO1)c1cc(C2CC2)ncn1. The number of aromatic nitrogens is 2. The lowest BCUT2D eigenvalue weighted by Gasteiger charge is -2.28. The van der Waals surface area contributed by atoms with Gasteiger partial charge < -0.3 is 14.4 Å². The second-order valence-corrected chi connectivity index (χ2v) is 5.02. The zero-order chi connectivity index (χ0) is 12.4. The predicted molar refractivity (Wildman–Crippen MR) is 67.8 cm³/mol. The van der Waals surface area contributed by atoms with Gasteiger partial charge in [0.05, 0.1) is 25.9 Å². The summed E-state index contributed by atoms with van der Waals surface area (Å²) in [6.07, 6.45) is 4.33. The lowest BCUT2D eigenvalue weighted by Crippen LogP contribution is -2.38. The highest BCUT2D eigenvalue weighted by atomic mass is 16.6. The zero-order valence-corrected chi connectivity index (χ0v) is 10.7. The maximum atomic E-state index is 5.65. The molecular weight excluding hydrogens is 230 g/mol. The molecule has 1 aliphatic carbocycles. The van der Waals surface area contributed by atoms with E-state index < -0.39 is 0 Å². The van der Waals surface area contributed by atoms with Crippen molar-refractivity contribution in [2.75, 3.05) is 38.3 Å². The van der Waals surface area contributed by atoms with E-state index in [1.54, 1.807) is 6.33 Å². The monoisotopic (exact) mass is 249 g/mol. The lowest BCUT2D eigenvalue weighted by molar-refractivity contribution is -0.0837. The summed E-state index contributed by atoms with van der Waals surface area (Å²) in [6, 6.07) is 2.10. The molecule has 1 aliphatic heterocycles. The molecule has 1 aromatic heterocycles. The Morgan fingerprint density at radius 2 is 2.22 bits per heavy atom. The van der Waals surface area contributed by atoms with Gasteiger partial charge in [-0.2, -0.15) is 0 Å². The van der Waals surface area contributed by atoms with Crippen LogP contribution in [0.2, 0.25) is 0 Å². The summed E-state index contributed by atoms with van der Waals surface area (Å²) in [4.78, 5) is 10.8. The molecule has 98 valence electrons. The number of rotatable bonds is 4. The summed E-state index contributed by atoms with van der Waals surface area (Å²) < 4.78 is 11.1.